The van der Waals surface area contributed by atoms with Crippen molar-refractivity contribution in [3.05, 3.63) is 35.4 Å². The van der Waals surface area contributed by atoms with Gasteiger partial charge in [-0.2, -0.15) is 4.89 Å². The fourth-order valence-corrected chi connectivity index (χ4v) is 1.26. The van der Waals surface area contributed by atoms with Crippen LogP contribution in [0, 0.1) is 0 Å². The highest BCUT2D eigenvalue weighted by Gasteiger charge is 2.11. The second kappa shape index (κ2) is 6.43. The predicted molar refractivity (Wildman–Crippen MR) is 57.9 cm³/mol. The summed E-state index contributed by atoms with van der Waals surface area (Å²) in [6.07, 6.45) is 0.779. The second-order valence-electron chi connectivity index (χ2n) is 2.89. The molecule has 0 amide bonds. The van der Waals surface area contributed by atoms with E-state index in [1.54, 1.807) is 12.1 Å². The van der Waals surface area contributed by atoms with Crippen LogP contribution in [0.3, 0.4) is 0 Å². The van der Waals surface area contributed by atoms with E-state index in [0.29, 0.717) is 11.4 Å². The van der Waals surface area contributed by atoms with Gasteiger partial charge in [0.2, 0.25) is 0 Å². The third-order valence-corrected chi connectivity index (χ3v) is 2.07. The van der Waals surface area contributed by atoms with Crippen molar-refractivity contribution in [3.63, 3.8) is 0 Å². The van der Waals surface area contributed by atoms with Gasteiger partial charge >= 0.3 is 5.97 Å². The molecule has 0 aliphatic heterocycles. The lowest BCUT2D eigenvalue weighted by molar-refractivity contribution is -0.236. The number of alkyl halides is 1. The maximum atomic E-state index is 11.5. The van der Waals surface area contributed by atoms with Crippen LogP contribution in [-0.4, -0.2) is 18.5 Å². The zero-order valence-corrected chi connectivity index (χ0v) is 9.29. The lowest BCUT2D eigenvalue weighted by Gasteiger charge is -2.05. The molecule has 0 atom stereocenters. The van der Waals surface area contributed by atoms with Gasteiger partial charge in [0.05, 0.1) is 11.4 Å². The van der Waals surface area contributed by atoms with E-state index in [1.807, 2.05) is 19.1 Å². The van der Waals surface area contributed by atoms with Crippen LogP contribution in [0.25, 0.3) is 0 Å². The number of benzene rings is 1. The van der Waals surface area contributed by atoms with Crippen LogP contribution in [0.5, 0.6) is 0 Å². The van der Waals surface area contributed by atoms with Crippen molar-refractivity contribution in [1.29, 1.82) is 0 Å². The smallest absolute Gasteiger partial charge is 0.293 e. The van der Waals surface area contributed by atoms with E-state index in [4.69, 9.17) is 11.6 Å². The van der Waals surface area contributed by atoms with Gasteiger partial charge in [-0.1, -0.05) is 25.1 Å². The Morgan fingerprint density at radius 1 is 1.40 bits per heavy atom. The van der Waals surface area contributed by atoms with Crippen LogP contribution >= 0.6 is 11.6 Å². The average molecular weight is 229 g/mol. The molecule has 0 spiro atoms. The van der Waals surface area contributed by atoms with Gasteiger partial charge in [-0.15, -0.1) is 11.6 Å². The average Bonchev–Trinajstić information content (AvgIpc) is 2.29. The Morgan fingerprint density at radius 2 is 2.13 bits per heavy atom. The first-order valence-corrected chi connectivity index (χ1v) is 5.30. The van der Waals surface area contributed by atoms with Gasteiger partial charge < -0.3 is 0 Å². The molecule has 4 heteroatoms. The molecule has 0 N–H and O–H groups in total. The third kappa shape index (κ3) is 3.53. The van der Waals surface area contributed by atoms with Gasteiger partial charge in [-0.05, 0) is 18.1 Å². The van der Waals surface area contributed by atoms with Gasteiger partial charge in [0.1, 0.15) is 6.61 Å². The van der Waals surface area contributed by atoms with Crippen LogP contribution in [0.1, 0.15) is 22.8 Å². The van der Waals surface area contributed by atoms with Gasteiger partial charge in [0, 0.05) is 0 Å². The summed E-state index contributed by atoms with van der Waals surface area (Å²) >= 11 is 5.37. The summed E-state index contributed by atoms with van der Waals surface area (Å²) in [5.74, 6) is -0.180. The van der Waals surface area contributed by atoms with Crippen molar-refractivity contribution in [2.75, 3.05) is 12.5 Å². The molecule has 0 saturated heterocycles. The topological polar surface area (TPSA) is 35.5 Å². The molecule has 0 aliphatic rings. The molecule has 0 bridgehead atoms. The maximum Gasteiger partial charge on any atom is 0.373 e. The fourth-order valence-electron chi connectivity index (χ4n) is 1.20. The summed E-state index contributed by atoms with van der Waals surface area (Å²) < 4.78 is 0. The van der Waals surface area contributed by atoms with Gasteiger partial charge in [0.25, 0.3) is 0 Å². The van der Waals surface area contributed by atoms with E-state index in [9.17, 15) is 4.79 Å². The summed E-state index contributed by atoms with van der Waals surface area (Å²) in [5.41, 5.74) is 1.48. The quantitative estimate of drug-likeness (QED) is 0.336. The van der Waals surface area contributed by atoms with E-state index >= 15 is 0 Å². The fraction of sp³-hybridized carbons (Fsp3) is 0.364. The molecule has 0 aromatic heterocycles. The van der Waals surface area contributed by atoms with Crippen molar-refractivity contribution >= 4 is 17.6 Å². The number of hydrogen-bond donors (Lipinski definition) is 0. The minimum absolute atomic E-state index is 0.196. The number of halogens is 1. The second-order valence-corrected chi connectivity index (χ2v) is 3.27. The highest BCUT2D eigenvalue weighted by Crippen LogP contribution is 2.10. The van der Waals surface area contributed by atoms with Gasteiger partial charge in [0.15, 0.2) is 0 Å². The summed E-state index contributed by atoms with van der Waals surface area (Å²) in [5, 5.41) is 0. The van der Waals surface area contributed by atoms with Crippen molar-refractivity contribution in [2.24, 2.45) is 0 Å². The van der Waals surface area contributed by atoms with E-state index in [2.05, 4.69) is 9.78 Å². The first-order valence-electron chi connectivity index (χ1n) is 4.77. The van der Waals surface area contributed by atoms with E-state index in [-0.39, 0.29) is 6.61 Å². The SMILES string of the molecule is CCc1ccccc1C(=O)OOCCCl. The van der Waals surface area contributed by atoms with Crippen LogP contribution in [0.2, 0.25) is 0 Å². The molecule has 0 fully saturated rings. The van der Waals surface area contributed by atoms with Crippen molar-refractivity contribution in [2.45, 2.75) is 13.3 Å². The predicted octanol–water partition coefficient (Wildman–Crippen LogP) is 2.58. The highest BCUT2D eigenvalue weighted by atomic mass is 35.5. The molecular formula is C11H13ClO3. The maximum absolute atomic E-state index is 11.5. The number of aryl methyl sites for hydroxylation is 1. The standard InChI is InChI=1S/C11H13ClO3/c1-2-9-5-3-4-6-10(9)11(13)15-14-8-7-12/h3-6H,2,7-8H2,1H3. The van der Waals surface area contributed by atoms with E-state index in [0.717, 1.165) is 12.0 Å². The lowest BCUT2D eigenvalue weighted by atomic mass is 10.1. The lowest BCUT2D eigenvalue weighted by Crippen LogP contribution is -2.09. The highest BCUT2D eigenvalue weighted by molar-refractivity contribution is 6.17. The van der Waals surface area contributed by atoms with Crippen LogP contribution in [0.15, 0.2) is 24.3 Å². The molecule has 0 aliphatic carbocycles. The van der Waals surface area contributed by atoms with Gasteiger partial charge in [-0.3, -0.25) is 4.89 Å². The molecular weight excluding hydrogens is 216 g/mol. The Bertz CT molecular complexity index is 325. The summed E-state index contributed by atoms with van der Waals surface area (Å²) in [7, 11) is 0. The number of carbonyl (C=O) groups is 1. The Kier molecular flexibility index (Phi) is 5.15. The minimum Gasteiger partial charge on any atom is -0.293 e. The third-order valence-electron chi connectivity index (χ3n) is 1.91. The Morgan fingerprint density at radius 3 is 2.80 bits per heavy atom. The monoisotopic (exact) mass is 228 g/mol. The summed E-state index contributed by atoms with van der Waals surface area (Å²) in [4.78, 5) is 20.7. The molecule has 1 aromatic rings. The minimum atomic E-state index is -0.474. The molecule has 1 aromatic carbocycles. The number of rotatable bonds is 5. The number of carbonyl (C=O) groups excluding carboxylic acids is 1. The van der Waals surface area contributed by atoms with E-state index < -0.39 is 5.97 Å². The van der Waals surface area contributed by atoms with Gasteiger partial charge in [-0.25, -0.2) is 4.79 Å². The molecule has 82 valence electrons. The summed E-state index contributed by atoms with van der Waals surface area (Å²) in [6, 6.07) is 7.27. The van der Waals surface area contributed by atoms with Crippen molar-refractivity contribution in [1.82, 2.24) is 0 Å². The van der Waals surface area contributed by atoms with Crippen molar-refractivity contribution in [3.8, 4) is 0 Å². The molecule has 3 nitrogen and oxygen atoms in total. The Hall–Kier alpha value is -1.06. The Labute approximate surface area is 93.9 Å². The largest absolute Gasteiger partial charge is 0.373 e. The first kappa shape index (κ1) is 12.0. The molecule has 0 saturated carbocycles. The van der Waals surface area contributed by atoms with Crippen LogP contribution in [-0.2, 0) is 16.2 Å². The zero-order valence-electron chi connectivity index (χ0n) is 8.53. The Balaban J connectivity index is 2.64. The van der Waals surface area contributed by atoms with E-state index in [1.165, 1.54) is 0 Å². The zero-order chi connectivity index (χ0) is 11.1. The normalized spacial score (nSPS) is 10.0. The molecule has 1 rings (SSSR count). The summed E-state index contributed by atoms with van der Waals surface area (Å²) in [6.45, 7) is 2.17. The number of hydrogen-bond acceptors (Lipinski definition) is 3. The van der Waals surface area contributed by atoms with Crippen molar-refractivity contribution < 1.29 is 14.6 Å². The molecule has 0 radical (unpaired) electrons. The molecule has 0 unspecified atom stereocenters. The molecule has 15 heavy (non-hydrogen) atoms. The first-order chi connectivity index (χ1) is 7.29. The van der Waals surface area contributed by atoms with Crippen LogP contribution in [0.4, 0.5) is 0 Å². The molecule has 0 heterocycles. The van der Waals surface area contributed by atoms with Crippen LogP contribution < -0.4 is 0 Å².